The monoisotopic (exact) mass is 329 g/mol. The van der Waals surface area contributed by atoms with Gasteiger partial charge in [0, 0.05) is 37.8 Å². The van der Waals surface area contributed by atoms with E-state index in [4.69, 9.17) is 9.84 Å². The third-order valence-electron chi connectivity index (χ3n) is 5.09. The Morgan fingerprint density at radius 3 is 1.78 bits per heavy atom. The van der Waals surface area contributed by atoms with Crippen LogP contribution in [0.1, 0.15) is 20.8 Å². The van der Waals surface area contributed by atoms with E-state index in [-0.39, 0.29) is 6.61 Å². The second kappa shape index (κ2) is 5.94. The van der Waals surface area contributed by atoms with Gasteiger partial charge in [-0.1, -0.05) is 0 Å². The van der Waals surface area contributed by atoms with E-state index in [0.29, 0.717) is 18.1 Å². The number of nitrogens with zero attached hydrogens (tertiary/aromatic N) is 3. The molecule has 132 valence electrons. The average Bonchev–Trinajstić information content (AvgIpc) is 3.40. The van der Waals surface area contributed by atoms with Gasteiger partial charge in [0.05, 0.1) is 13.2 Å². The molecular formula is C15H27N3O5. The van der Waals surface area contributed by atoms with Crippen LogP contribution in [0.3, 0.4) is 0 Å². The van der Waals surface area contributed by atoms with Crippen molar-refractivity contribution in [3.05, 3.63) is 0 Å². The van der Waals surface area contributed by atoms with Crippen molar-refractivity contribution in [2.24, 2.45) is 0 Å². The van der Waals surface area contributed by atoms with E-state index in [2.05, 4.69) is 35.5 Å². The maximum absolute atomic E-state index is 12.0. The zero-order valence-electron chi connectivity index (χ0n) is 13.9. The molecule has 3 rings (SSSR count). The van der Waals surface area contributed by atoms with Gasteiger partial charge >= 0.3 is 5.97 Å². The molecule has 0 aromatic carbocycles. The molecule has 3 heterocycles. The Morgan fingerprint density at radius 2 is 1.52 bits per heavy atom. The zero-order chi connectivity index (χ0) is 16.9. The summed E-state index contributed by atoms with van der Waals surface area (Å²) in [6, 6.07) is 0.927. The largest absolute Gasteiger partial charge is 0.479 e. The number of aliphatic carboxylic acids is 1. The molecule has 3 saturated heterocycles. The fourth-order valence-corrected chi connectivity index (χ4v) is 3.64. The van der Waals surface area contributed by atoms with Crippen LogP contribution < -0.4 is 0 Å². The quantitative estimate of drug-likeness (QED) is 0.444. The Labute approximate surface area is 136 Å². The second-order valence-corrected chi connectivity index (χ2v) is 7.08. The zero-order valence-corrected chi connectivity index (χ0v) is 13.9. The van der Waals surface area contributed by atoms with Gasteiger partial charge in [-0.2, -0.15) is 0 Å². The van der Waals surface area contributed by atoms with Crippen molar-refractivity contribution in [2.45, 2.75) is 56.9 Å². The summed E-state index contributed by atoms with van der Waals surface area (Å²) in [5.41, 5.74) is 0. The van der Waals surface area contributed by atoms with Gasteiger partial charge in [0.25, 0.3) is 0 Å². The number of carbonyl (C=O) groups is 1. The highest BCUT2D eigenvalue weighted by Gasteiger charge is 2.70. The van der Waals surface area contributed by atoms with Crippen molar-refractivity contribution in [3.8, 4) is 0 Å². The molecular weight excluding hydrogens is 302 g/mol. The van der Waals surface area contributed by atoms with Gasteiger partial charge in [-0.25, -0.2) is 4.79 Å². The Hall–Kier alpha value is -0.770. The summed E-state index contributed by atoms with van der Waals surface area (Å²) in [6.45, 7) is 8.11. The number of carboxylic acid groups (broad SMARTS) is 1. The van der Waals surface area contributed by atoms with Crippen molar-refractivity contribution in [2.75, 3.05) is 32.8 Å². The van der Waals surface area contributed by atoms with E-state index in [1.165, 1.54) is 0 Å². The molecule has 0 spiro atoms. The lowest BCUT2D eigenvalue weighted by Gasteiger charge is -2.43. The van der Waals surface area contributed by atoms with Gasteiger partial charge in [-0.05, 0) is 20.8 Å². The lowest BCUT2D eigenvalue weighted by molar-refractivity contribution is -0.190. The van der Waals surface area contributed by atoms with Crippen molar-refractivity contribution >= 4 is 5.97 Å². The van der Waals surface area contributed by atoms with E-state index in [9.17, 15) is 15.0 Å². The molecule has 8 heteroatoms. The molecule has 0 bridgehead atoms. The minimum atomic E-state index is -1.09. The molecule has 8 atom stereocenters. The molecule has 0 aliphatic carbocycles. The Bertz CT molecular complexity index is 435. The highest BCUT2D eigenvalue weighted by molar-refractivity contribution is 5.74. The van der Waals surface area contributed by atoms with Gasteiger partial charge in [0.15, 0.2) is 5.79 Å². The standard InChI is InChI=1S/C15H27N3O5/c1-9-4-16(9)15(17-5-10(17)2,18-6-11(18)3)13(14(21)22)23-8-12(20)7-19/h9-13,19-20H,4-8H2,1-3H3,(H,21,22). The molecule has 0 aromatic rings. The number of rotatable bonds is 9. The van der Waals surface area contributed by atoms with Gasteiger partial charge in [-0.15, -0.1) is 0 Å². The first-order valence-electron chi connectivity index (χ1n) is 8.27. The van der Waals surface area contributed by atoms with Crippen LogP contribution in [0.2, 0.25) is 0 Å². The molecule has 23 heavy (non-hydrogen) atoms. The lowest BCUT2D eigenvalue weighted by atomic mass is 10.1. The number of carboxylic acids is 1. The van der Waals surface area contributed by atoms with E-state index >= 15 is 0 Å². The fraction of sp³-hybridized carbons (Fsp3) is 0.933. The van der Waals surface area contributed by atoms with Gasteiger partial charge < -0.3 is 20.1 Å². The van der Waals surface area contributed by atoms with Crippen LogP contribution >= 0.6 is 0 Å². The summed E-state index contributed by atoms with van der Waals surface area (Å²) in [5.74, 6) is -1.83. The summed E-state index contributed by atoms with van der Waals surface area (Å²) in [6.07, 6.45) is -2.16. The molecule has 3 aliphatic rings. The lowest BCUT2D eigenvalue weighted by Crippen LogP contribution is -2.66. The number of ether oxygens (including phenoxy) is 1. The third-order valence-corrected chi connectivity index (χ3v) is 5.09. The predicted molar refractivity (Wildman–Crippen MR) is 81.7 cm³/mol. The minimum Gasteiger partial charge on any atom is -0.479 e. The predicted octanol–water partition coefficient (Wildman–Crippen LogP) is -1.42. The highest BCUT2D eigenvalue weighted by atomic mass is 16.5. The van der Waals surface area contributed by atoms with Crippen LogP contribution in [0.15, 0.2) is 0 Å². The smallest absolute Gasteiger partial charge is 0.337 e. The molecule has 3 N–H and O–H groups in total. The van der Waals surface area contributed by atoms with Crippen LogP contribution in [-0.2, 0) is 9.53 Å². The van der Waals surface area contributed by atoms with Crippen molar-refractivity contribution in [3.63, 3.8) is 0 Å². The van der Waals surface area contributed by atoms with Crippen LogP contribution in [0, 0.1) is 0 Å². The SMILES string of the molecule is CC1CN1C(C(OCC(O)CO)C(=O)O)(N1CC1C)N1CC1C. The van der Waals surface area contributed by atoms with Crippen LogP contribution in [-0.4, -0.2) is 105 Å². The normalized spacial score (nSPS) is 43.3. The van der Waals surface area contributed by atoms with Crippen LogP contribution in [0.5, 0.6) is 0 Å². The van der Waals surface area contributed by atoms with Crippen molar-refractivity contribution < 1.29 is 24.9 Å². The third kappa shape index (κ3) is 2.88. The molecule has 8 unspecified atom stereocenters. The molecule has 3 aliphatic heterocycles. The first-order chi connectivity index (χ1) is 10.8. The van der Waals surface area contributed by atoms with Crippen LogP contribution in [0.4, 0.5) is 0 Å². The fourth-order valence-electron chi connectivity index (χ4n) is 3.64. The average molecular weight is 329 g/mol. The highest BCUT2D eigenvalue weighted by Crippen LogP contribution is 2.49. The number of hydrogen-bond acceptors (Lipinski definition) is 7. The number of hydrogen-bond donors (Lipinski definition) is 3. The first kappa shape index (κ1) is 17.1. The van der Waals surface area contributed by atoms with Gasteiger partial charge in [0.1, 0.15) is 6.10 Å². The molecule has 0 aromatic heterocycles. The topological polar surface area (TPSA) is 96.0 Å². The second-order valence-electron chi connectivity index (χ2n) is 7.08. The summed E-state index contributed by atoms with van der Waals surface area (Å²) >= 11 is 0. The van der Waals surface area contributed by atoms with E-state index in [1.54, 1.807) is 0 Å². The van der Waals surface area contributed by atoms with Crippen molar-refractivity contribution in [1.29, 1.82) is 0 Å². The number of aliphatic hydroxyl groups excluding tert-OH is 2. The minimum absolute atomic E-state index is 0.193. The van der Waals surface area contributed by atoms with E-state index in [0.717, 1.165) is 19.6 Å². The number of aliphatic hydroxyl groups is 2. The van der Waals surface area contributed by atoms with E-state index < -0.39 is 30.6 Å². The summed E-state index contributed by atoms with van der Waals surface area (Å²) in [5, 5.41) is 28.4. The van der Waals surface area contributed by atoms with Gasteiger partial charge in [0.2, 0.25) is 6.10 Å². The Kier molecular flexibility index (Phi) is 4.41. The van der Waals surface area contributed by atoms with Gasteiger partial charge in [-0.3, -0.25) is 14.7 Å². The molecule has 0 amide bonds. The maximum atomic E-state index is 12.0. The first-order valence-corrected chi connectivity index (χ1v) is 8.27. The summed E-state index contributed by atoms with van der Waals surface area (Å²) < 4.78 is 5.64. The molecule has 8 nitrogen and oxygen atoms in total. The Balaban J connectivity index is 1.90. The van der Waals surface area contributed by atoms with E-state index in [1.807, 2.05) is 0 Å². The Morgan fingerprint density at radius 1 is 1.13 bits per heavy atom. The summed E-state index contributed by atoms with van der Waals surface area (Å²) in [7, 11) is 0. The summed E-state index contributed by atoms with van der Waals surface area (Å²) in [4.78, 5) is 18.5. The van der Waals surface area contributed by atoms with Crippen LogP contribution in [0.25, 0.3) is 0 Å². The molecule has 0 saturated carbocycles. The van der Waals surface area contributed by atoms with Crippen molar-refractivity contribution in [1.82, 2.24) is 14.7 Å². The molecule has 3 fully saturated rings. The molecule has 0 radical (unpaired) electrons. The maximum Gasteiger partial charge on any atom is 0.337 e.